The quantitative estimate of drug-likeness (QED) is 0.165. The number of carbonyl (C=O) groups is 4. The number of amides is 4. The Morgan fingerprint density at radius 2 is 1.43 bits per heavy atom. The van der Waals surface area contributed by atoms with Crippen molar-refractivity contribution in [3.05, 3.63) is 106 Å². The van der Waals surface area contributed by atoms with Crippen molar-refractivity contribution in [2.75, 3.05) is 19.6 Å². The summed E-state index contributed by atoms with van der Waals surface area (Å²) in [6.07, 6.45) is 1.24. The molecule has 0 saturated heterocycles. The van der Waals surface area contributed by atoms with Crippen molar-refractivity contribution in [3.8, 4) is 0 Å². The lowest BCUT2D eigenvalue weighted by atomic mass is 10.0. The minimum absolute atomic E-state index is 0.0805. The monoisotopic (exact) mass is 627 g/mol. The van der Waals surface area contributed by atoms with Gasteiger partial charge in [-0.15, -0.1) is 0 Å². The van der Waals surface area contributed by atoms with Crippen molar-refractivity contribution < 1.29 is 19.2 Å². The summed E-state index contributed by atoms with van der Waals surface area (Å²) in [6.45, 7) is 12.7. The zero-order valence-electron chi connectivity index (χ0n) is 27.9. The molecule has 3 rings (SSSR count). The Kier molecular flexibility index (Phi) is 14.0. The predicted molar refractivity (Wildman–Crippen MR) is 183 cm³/mol. The van der Waals surface area contributed by atoms with Crippen molar-refractivity contribution >= 4 is 23.6 Å². The van der Waals surface area contributed by atoms with E-state index in [0.717, 1.165) is 5.56 Å². The maximum atomic E-state index is 13.4. The summed E-state index contributed by atoms with van der Waals surface area (Å²) in [5.41, 5.74) is 5.39. The number of likely N-dealkylation sites (N-methyl/N-ethyl adjacent to an activating group) is 1. The zero-order valence-corrected chi connectivity index (χ0v) is 27.9. The van der Waals surface area contributed by atoms with E-state index in [1.54, 1.807) is 31.2 Å². The number of hydrogen-bond donors (Lipinski definition) is 5. The van der Waals surface area contributed by atoms with Gasteiger partial charge in [0.25, 0.3) is 11.8 Å². The van der Waals surface area contributed by atoms with Crippen LogP contribution in [-0.4, -0.2) is 61.4 Å². The van der Waals surface area contributed by atoms with E-state index in [9.17, 15) is 19.2 Å². The van der Waals surface area contributed by atoms with Gasteiger partial charge in [0.15, 0.2) is 0 Å². The zero-order chi connectivity index (χ0) is 33.6. The van der Waals surface area contributed by atoms with Gasteiger partial charge >= 0.3 is 0 Å². The summed E-state index contributed by atoms with van der Waals surface area (Å²) < 4.78 is 0. The topological polar surface area (TPSA) is 128 Å². The Bertz CT molecular complexity index is 1470. The third-order valence-electron chi connectivity index (χ3n) is 7.89. The van der Waals surface area contributed by atoms with Crippen molar-refractivity contribution in [2.24, 2.45) is 5.92 Å². The van der Waals surface area contributed by atoms with Gasteiger partial charge in [0.2, 0.25) is 11.8 Å². The molecule has 0 spiro atoms. The van der Waals surface area contributed by atoms with Gasteiger partial charge in [-0.05, 0) is 81.3 Å². The van der Waals surface area contributed by atoms with Crippen LogP contribution in [0.4, 0.5) is 0 Å². The molecule has 4 amide bonds. The largest absolute Gasteiger partial charge is 0.355 e. The van der Waals surface area contributed by atoms with Crippen LogP contribution in [-0.2, 0) is 22.4 Å². The van der Waals surface area contributed by atoms with Crippen molar-refractivity contribution in [2.45, 2.75) is 72.5 Å². The second-order valence-electron chi connectivity index (χ2n) is 12.1. The smallest absolute Gasteiger partial charge is 0.251 e. The lowest BCUT2D eigenvalue weighted by molar-refractivity contribution is -0.130. The first-order valence-corrected chi connectivity index (χ1v) is 16.1. The van der Waals surface area contributed by atoms with Crippen LogP contribution in [0.5, 0.6) is 0 Å². The van der Waals surface area contributed by atoms with Crippen molar-refractivity contribution in [3.63, 3.8) is 0 Å². The van der Waals surface area contributed by atoms with E-state index in [0.29, 0.717) is 43.6 Å². The van der Waals surface area contributed by atoms with E-state index in [-0.39, 0.29) is 35.6 Å². The molecular weight excluding hydrogens is 578 g/mol. The fourth-order valence-electron chi connectivity index (χ4n) is 5.19. The van der Waals surface area contributed by atoms with Crippen LogP contribution in [0.25, 0.3) is 0 Å². The number of nitrogens with one attached hydrogen (secondary N) is 5. The fourth-order valence-corrected chi connectivity index (χ4v) is 5.19. The summed E-state index contributed by atoms with van der Waals surface area (Å²) in [4.78, 5) is 51.8. The number of rotatable bonds is 16. The van der Waals surface area contributed by atoms with Crippen LogP contribution in [0.1, 0.15) is 70.7 Å². The highest BCUT2D eigenvalue weighted by Crippen LogP contribution is 2.12. The Labute approximate surface area is 273 Å². The van der Waals surface area contributed by atoms with E-state index in [1.807, 2.05) is 51.1 Å². The number of aryl methyl sites for hydroxylation is 2. The second-order valence-corrected chi connectivity index (χ2v) is 12.1. The van der Waals surface area contributed by atoms with Gasteiger partial charge in [-0.3, -0.25) is 19.2 Å². The molecule has 0 aliphatic heterocycles. The average Bonchev–Trinajstić information content (AvgIpc) is 3.03. The summed E-state index contributed by atoms with van der Waals surface area (Å²) >= 11 is 0. The molecule has 0 fully saturated rings. The molecule has 3 atom stereocenters. The normalized spacial score (nSPS) is 12.9. The predicted octanol–water partition coefficient (Wildman–Crippen LogP) is 3.87. The Hall–Kier alpha value is -4.50. The molecule has 5 N–H and O–H groups in total. The van der Waals surface area contributed by atoms with Crippen LogP contribution in [0, 0.1) is 19.8 Å². The van der Waals surface area contributed by atoms with E-state index in [4.69, 9.17) is 0 Å². The molecule has 0 aliphatic rings. The molecule has 246 valence electrons. The Balaban J connectivity index is 1.63. The molecule has 0 unspecified atom stereocenters. The highest BCUT2D eigenvalue weighted by Gasteiger charge is 2.26. The lowest BCUT2D eigenvalue weighted by Gasteiger charge is -2.25. The summed E-state index contributed by atoms with van der Waals surface area (Å²) in [5.74, 6) is -1.16. The van der Waals surface area contributed by atoms with Gasteiger partial charge in [0.05, 0.1) is 6.04 Å². The molecule has 9 heteroatoms. The second kappa shape index (κ2) is 17.8. The fraction of sp³-hybridized carbons (Fsp3) is 0.405. The maximum Gasteiger partial charge on any atom is 0.251 e. The number of hydrogen-bond acceptors (Lipinski definition) is 5. The van der Waals surface area contributed by atoms with E-state index in [1.165, 1.54) is 16.7 Å². The molecular formula is C37H49N5O4. The first-order chi connectivity index (χ1) is 22.0. The minimum atomic E-state index is -0.646. The van der Waals surface area contributed by atoms with Gasteiger partial charge in [-0.1, -0.05) is 74.0 Å². The lowest BCUT2D eigenvalue weighted by Crippen LogP contribution is -2.55. The molecule has 0 aliphatic carbocycles. The molecule has 46 heavy (non-hydrogen) atoms. The highest BCUT2D eigenvalue weighted by molar-refractivity contribution is 5.99. The first kappa shape index (κ1) is 36.0. The Morgan fingerprint density at radius 1 is 0.739 bits per heavy atom. The molecule has 0 bridgehead atoms. The maximum absolute atomic E-state index is 13.4. The standard InChI is InChI=1S/C37H49N5O4/c1-7-38-37(46)33(24(2)3)42-34(43)27(6)40-23-32(21-28-12-9-8-10-13-28)41-36(45)31-15-11-14-30(22-31)35(44)39-19-18-29-17-16-25(4)20-26(29)5/h8-17,20,22,24,27,32-33,40H,7,18-19,21,23H2,1-6H3,(H,38,46)(H,39,44)(H,41,45)(H,42,43)/t27-,32-,33-/m0/s1. The van der Waals surface area contributed by atoms with Gasteiger partial charge in [-0.2, -0.15) is 0 Å². The molecule has 0 heterocycles. The SMILES string of the molecule is CCNC(=O)[C@@H](NC(=O)[C@H](C)NC[C@H](Cc1ccccc1)NC(=O)c1cccc(C(=O)NCCc2ccc(C)cc2C)c1)C(C)C. The van der Waals surface area contributed by atoms with Gasteiger partial charge in [-0.25, -0.2) is 0 Å². The van der Waals surface area contributed by atoms with Gasteiger partial charge < -0.3 is 26.6 Å². The third kappa shape index (κ3) is 11.1. The van der Waals surface area contributed by atoms with E-state index < -0.39 is 12.1 Å². The van der Waals surface area contributed by atoms with Crippen molar-refractivity contribution in [1.82, 2.24) is 26.6 Å². The van der Waals surface area contributed by atoms with Crippen LogP contribution in [0.3, 0.4) is 0 Å². The summed E-state index contributed by atoms with van der Waals surface area (Å²) in [5, 5.41) is 14.9. The number of carbonyl (C=O) groups excluding carboxylic acids is 4. The third-order valence-corrected chi connectivity index (χ3v) is 7.89. The first-order valence-electron chi connectivity index (χ1n) is 16.1. The molecule has 0 aromatic heterocycles. The van der Waals surface area contributed by atoms with Gasteiger partial charge in [0.1, 0.15) is 6.04 Å². The van der Waals surface area contributed by atoms with Crippen molar-refractivity contribution in [1.29, 1.82) is 0 Å². The van der Waals surface area contributed by atoms with E-state index >= 15 is 0 Å². The van der Waals surface area contributed by atoms with Crippen LogP contribution >= 0.6 is 0 Å². The Morgan fingerprint density at radius 3 is 2.09 bits per heavy atom. The summed E-state index contributed by atoms with van der Waals surface area (Å²) in [6, 6.07) is 21.1. The minimum Gasteiger partial charge on any atom is -0.355 e. The highest BCUT2D eigenvalue weighted by atomic mass is 16.2. The van der Waals surface area contributed by atoms with Crippen LogP contribution in [0.15, 0.2) is 72.8 Å². The average molecular weight is 628 g/mol. The molecule has 0 saturated carbocycles. The molecule has 3 aromatic rings. The number of benzene rings is 3. The molecule has 9 nitrogen and oxygen atoms in total. The molecule has 0 radical (unpaired) electrons. The molecule has 3 aromatic carbocycles. The van der Waals surface area contributed by atoms with E-state index in [2.05, 4.69) is 58.6 Å². The van der Waals surface area contributed by atoms with Crippen LogP contribution < -0.4 is 26.6 Å². The van der Waals surface area contributed by atoms with Crippen LogP contribution in [0.2, 0.25) is 0 Å². The summed E-state index contributed by atoms with van der Waals surface area (Å²) in [7, 11) is 0. The van der Waals surface area contributed by atoms with Gasteiger partial charge in [0, 0.05) is 36.8 Å².